The van der Waals surface area contributed by atoms with Gasteiger partial charge >= 0.3 is 12.4 Å². The molecule has 0 bridgehead atoms. The van der Waals surface area contributed by atoms with Crippen molar-refractivity contribution < 1.29 is 31.8 Å². The van der Waals surface area contributed by atoms with Gasteiger partial charge in [-0.15, -0.1) is 18.3 Å². The first-order chi connectivity index (χ1) is 14.9. The predicted octanol–water partition coefficient (Wildman–Crippen LogP) is 4.15. The van der Waals surface area contributed by atoms with Gasteiger partial charge in [-0.05, 0) is 55.0 Å². The van der Waals surface area contributed by atoms with Crippen molar-refractivity contribution in [3.63, 3.8) is 0 Å². The topological polar surface area (TPSA) is 91.5 Å². The number of benzene rings is 1. The third kappa shape index (κ3) is 4.42. The van der Waals surface area contributed by atoms with E-state index < -0.39 is 12.7 Å². The Balaban J connectivity index is 1.48. The van der Waals surface area contributed by atoms with Crippen LogP contribution in [-0.2, 0) is 9.47 Å². The van der Waals surface area contributed by atoms with E-state index in [4.69, 9.17) is 13.9 Å². The van der Waals surface area contributed by atoms with Gasteiger partial charge in [0.05, 0.1) is 19.8 Å². The van der Waals surface area contributed by atoms with Gasteiger partial charge in [0.2, 0.25) is 0 Å². The van der Waals surface area contributed by atoms with Gasteiger partial charge in [-0.1, -0.05) is 5.10 Å². The van der Waals surface area contributed by atoms with Crippen LogP contribution in [-0.4, -0.2) is 47.6 Å². The molecule has 2 aliphatic rings. The second kappa shape index (κ2) is 7.65. The Morgan fingerprint density at radius 1 is 1.13 bits per heavy atom. The number of nitrogens with zero attached hydrogens (tertiary/aromatic N) is 3. The van der Waals surface area contributed by atoms with E-state index in [0.717, 1.165) is 24.0 Å². The van der Waals surface area contributed by atoms with Crippen molar-refractivity contribution in [2.75, 3.05) is 25.1 Å². The molecule has 31 heavy (non-hydrogen) atoms. The molecule has 0 amide bonds. The molecule has 8 nitrogen and oxygen atoms in total. The van der Waals surface area contributed by atoms with Crippen molar-refractivity contribution in [1.82, 2.24) is 15.2 Å². The molecule has 1 saturated carbocycles. The zero-order chi connectivity index (χ0) is 21.6. The van der Waals surface area contributed by atoms with Crippen LogP contribution in [0.25, 0.3) is 22.5 Å². The second-order valence-electron chi connectivity index (χ2n) is 7.53. The minimum atomic E-state index is -4.83. The average molecular weight is 436 g/mol. The van der Waals surface area contributed by atoms with Gasteiger partial charge in [-0.2, -0.15) is 0 Å². The Morgan fingerprint density at radius 3 is 2.61 bits per heavy atom. The van der Waals surface area contributed by atoms with E-state index >= 15 is 0 Å². The standard InChI is InChI=1S/C20H19F3N4O4/c1-10-6-14(18-26-27-19(30-18)24-9-16-28-4-5-29-16)25-17-13(10)7-12(11-2-3-11)8-15(17)31-20(21,22)23/h6-8,11,16H,2-5,9H2,1H3,(H,24,27). The summed E-state index contributed by atoms with van der Waals surface area (Å²) < 4.78 is 59.6. The van der Waals surface area contributed by atoms with Gasteiger partial charge in [-0.25, -0.2) is 4.98 Å². The fourth-order valence-corrected chi connectivity index (χ4v) is 3.54. The van der Waals surface area contributed by atoms with Crippen LogP contribution < -0.4 is 10.1 Å². The third-order valence-corrected chi connectivity index (χ3v) is 5.14. The van der Waals surface area contributed by atoms with Crippen LogP contribution in [0.2, 0.25) is 0 Å². The van der Waals surface area contributed by atoms with Gasteiger partial charge in [0.1, 0.15) is 11.2 Å². The summed E-state index contributed by atoms with van der Waals surface area (Å²) in [5.41, 5.74) is 1.90. The molecule has 1 aliphatic heterocycles. The quantitative estimate of drug-likeness (QED) is 0.616. The summed E-state index contributed by atoms with van der Waals surface area (Å²) in [5, 5.41) is 11.4. The molecule has 5 rings (SSSR count). The Hall–Kier alpha value is -2.92. The number of ether oxygens (including phenoxy) is 3. The summed E-state index contributed by atoms with van der Waals surface area (Å²) in [4.78, 5) is 4.36. The number of anilines is 1. The summed E-state index contributed by atoms with van der Waals surface area (Å²) in [7, 11) is 0. The molecule has 2 fully saturated rings. The van der Waals surface area contributed by atoms with E-state index in [1.807, 2.05) is 6.07 Å². The molecule has 0 atom stereocenters. The SMILES string of the molecule is Cc1cc(-c2nnc(NCC3OCCO3)o2)nc2c(OC(F)(F)F)cc(C3CC3)cc12. The molecule has 3 heterocycles. The lowest BCUT2D eigenvalue weighted by molar-refractivity contribution is -0.274. The number of pyridine rings is 1. The van der Waals surface area contributed by atoms with Crippen molar-refractivity contribution in [2.24, 2.45) is 0 Å². The fourth-order valence-electron chi connectivity index (χ4n) is 3.54. The number of hydrogen-bond acceptors (Lipinski definition) is 8. The highest BCUT2D eigenvalue weighted by molar-refractivity contribution is 5.90. The summed E-state index contributed by atoms with van der Waals surface area (Å²) >= 11 is 0. The van der Waals surface area contributed by atoms with Crippen molar-refractivity contribution in [1.29, 1.82) is 0 Å². The van der Waals surface area contributed by atoms with Crippen molar-refractivity contribution >= 4 is 16.9 Å². The maximum atomic E-state index is 13.0. The molecule has 164 valence electrons. The summed E-state index contributed by atoms with van der Waals surface area (Å²) in [5.74, 6) is 0.00620. The van der Waals surface area contributed by atoms with E-state index in [9.17, 15) is 13.2 Å². The number of halogens is 3. The number of aryl methyl sites for hydroxylation is 1. The first-order valence-electron chi connectivity index (χ1n) is 9.88. The van der Waals surface area contributed by atoms with Crippen LogP contribution in [0, 0.1) is 6.92 Å². The Labute approximate surface area is 174 Å². The maximum absolute atomic E-state index is 13.0. The van der Waals surface area contributed by atoms with Crippen LogP contribution in [0.1, 0.15) is 29.9 Å². The molecule has 2 aromatic heterocycles. The molecule has 11 heteroatoms. The second-order valence-corrected chi connectivity index (χ2v) is 7.53. The van der Waals surface area contributed by atoms with Crippen LogP contribution in [0.15, 0.2) is 22.6 Å². The monoisotopic (exact) mass is 436 g/mol. The van der Waals surface area contributed by atoms with Gasteiger partial charge in [0.15, 0.2) is 12.0 Å². The van der Waals surface area contributed by atoms with Crippen LogP contribution >= 0.6 is 0 Å². The molecule has 1 aromatic carbocycles. The largest absolute Gasteiger partial charge is 0.573 e. The molecule has 0 spiro atoms. The summed E-state index contributed by atoms with van der Waals surface area (Å²) in [6, 6.07) is 5.14. The zero-order valence-corrected chi connectivity index (χ0v) is 16.5. The summed E-state index contributed by atoms with van der Waals surface area (Å²) in [6.45, 7) is 3.16. The predicted molar refractivity (Wildman–Crippen MR) is 103 cm³/mol. The molecule has 0 unspecified atom stereocenters. The first-order valence-corrected chi connectivity index (χ1v) is 9.88. The van der Waals surface area contributed by atoms with E-state index in [1.54, 1.807) is 13.0 Å². The van der Waals surface area contributed by atoms with Crippen molar-refractivity contribution in [3.8, 4) is 17.3 Å². The Bertz CT molecular complexity index is 1110. The maximum Gasteiger partial charge on any atom is 0.573 e. The van der Waals surface area contributed by atoms with E-state index in [-0.39, 0.29) is 34.8 Å². The Kier molecular flexibility index (Phi) is 4.94. The zero-order valence-electron chi connectivity index (χ0n) is 16.5. The minimum Gasteiger partial charge on any atom is -0.403 e. The summed E-state index contributed by atoms with van der Waals surface area (Å²) in [6.07, 6.45) is -3.32. The van der Waals surface area contributed by atoms with Gasteiger partial charge in [0.25, 0.3) is 5.89 Å². The van der Waals surface area contributed by atoms with Crippen LogP contribution in [0.5, 0.6) is 5.75 Å². The lowest BCUT2D eigenvalue weighted by Crippen LogP contribution is -2.20. The number of fused-ring (bicyclic) bond motifs is 1. The van der Waals surface area contributed by atoms with E-state index in [0.29, 0.717) is 25.1 Å². The highest BCUT2D eigenvalue weighted by Crippen LogP contribution is 2.44. The van der Waals surface area contributed by atoms with E-state index in [2.05, 4.69) is 25.2 Å². The molecule has 3 aromatic rings. The number of nitrogens with one attached hydrogen (secondary N) is 1. The number of hydrogen-bond donors (Lipinski definition) is 1. The fraction of sp³-hybridized carbons (Fsp3) is 0.450. The van der Waals surface area contributed by atoms with E-state index in [1.165, 1.54) is 6.07 Å². The lowest BCUT2D eigenvalue weighted by atomic mass is 10.0. The highest BCUT2D eigenvalue weighted by atomic mass is 19.4. The Morgan fingerprint density at radius 2 is 1.90 bits per heavy atom. The minimum absolute atomic E-state index is 0.0741. The number of alkyl halides is 3. The van der Waals surface area contributed by atoms with Gasteiger partial charge in [-0.3, -0.25) is 0 Å². The van der Waals surface area contributed by atoms with Gasteiger partial charge < -0.3 is 23.9 Å². The molecule has 1 saturated heterocycles. The molecule has 0 radical (unpaired) electrons. The first kappa shape index (κ1) is 20.0. The average Bonchev–Trinajstić information content (AvgIpc) is 3.22. The number of rotatable bonds is 6. The molecular formula is C20H19F3N4O4. The smallest absolute Gasteiger partial charge is 0.403 e. The van der Waals surface area contributed by atoms with Gasteiger partial charge in [0, 0.05) is 5.39 Å². The third-order valence-electron chi connectivity index (χ3n) is 5.14. The van der Waals surface area contributed by atoms with Crippen LogP contribution in [0.4, 0.5) is 19.2 Å². The molecule has 1 aliphatic carbocycles. The van der Waals surface area contributed by atoms with Crippen molar-refractivity contribution in [2.45, 2.75) is 38.3 Å². The highest BCUT2D eigenvalue weighted by Gasteiger charge is 2.34. The normalized spacial score (nSPS) is 17.4. The van der Waals surface area contributed by atoms with Crippen LogP contribution in [0.3, 0.4) is 0 Å². The lowest BCUT2D eigenvalue weighted by Gasteiger charge is -2.14. The van der Waals surface area contributed by atoms with Crippen molar-refractivity contribution in [3.05, 3.63) is 29.3 Å². The number of aromatic nitrogens is 3. The molecular weight excluding hydrogens is 417 g/mol. The molecule has 1 N–H and O–H groups in total.